The van der Waals surface area contributed by atoms with Crippen LogP contribution in [0.3, 0.4) is 0 Å². The zero-order chi connectivity index (χ0) is 18.9. The van der Waals surface area contributed by atoms with Gasteiger partial charge in [-0.25, -0.2) is 9.18 Å². The summed E-state index contributed by atoms with van der Waals surface area (Å²) in [6.07, 6.45) is 1.09. The molecule has 142 valence electrons. The molecule has 1 saturated heterocycles. The Labute approximate surface area is 154 Å². The molecule has 0 aromatic heterocycles. The van der Waals surface area contributed by atoms with Crippen molar-refractivity contribution in [1.82, 2.24) is 9.80 Å². The summed E-state index contributed by atoms with van der Waals surface area (Å²) in [6.45, 7) is 7.70. The van der Waals surface area contributed by atoms with E-state index < -0.39 is 5.60 Å². The van der Waals surface area contributed by atoms with Gasteiger partial charge >= 0.3 is 6.09 Å². The van der Waals surface area contributed by atoms with Gasteiger partial charge in [0.1, 0.15) is 11.4 Å². The molecule has 0 radical (unpaired) electrons. The zero-order valence-electron chi connectivity index (χ0n) is 15.7. The molecule has 3 rings (SSSR count). The number of nitrogens with zero attached hydrogens (tertiary/aromatic N) is 2. The molecule has 5 nitrogen and oxygen atoms in total. The summed E-state index contributed by atoms with van der Waals surface area (Å²) in [5, 5.41) is 0. The molecule has 2 aliphatic rings. The second kappa shape index (κ2) is 7.25. The third kappa shape index (κ3) is 4.34. The van der Waals surface area contributed by atoms with Gasteiger partial charge in [-0.15, -0.1) is 0 Å². The summed E-state index contributed by atoms with van der Waals surface area (Å²) in [4.78, 5) is 28.5. The van der Waals surface area contributed by atoms with Gasteiger partial charge in [-0.1, -0.05) is 18.2 Å². The fourth-order valence-corrected chi connectivity index (χ4v) is 3.47. The number of hydrogen-bond acceptors (Lipinski definition) is 3. The molecule has 26 heavy (non-hydrogen) atoms. The summed E-state index contributed by atoms with van der Waals surface area (Å²) >= 11 is 0. The summed E-state index contributed by atoms with van der Waals surface area (Å²) in [6, 6.07) is 6.68. The number of halogens is 1. The van der Waals surface area contributed by atoms with E-state index in [1.807, 2.05) is 31.7 Å². The van der Waals surface area contributed by atoms with Crippen molar-refractivity contribution in [3.8, 4) is 0 Å². The van der Waals surface area contributed by atoms with Crippen molar-refractivity contribution in [3.63, 3.8) is 0 Å². The molecule has 2 unspecified atom stereocenters. The van der Waals surface area contributed by atoms with Gasteiger partial charge in [-0.05, 0) is 51.2 Å². The smallest absolute Gasteiger partial charge is 0.410 e. The van der Waals surface area contributed by atoms with E-state index in [0.717, 1.165) is 6.42 Å². The normalized spacial score (nSPS) is 23.4. The minimum atomic E-state index is -0.528. The average Bonchev–Trinajstić information content (AvgIpc) is 3.36. The number of ether oxygens (including phenoxy) is 1. The van der Waals surface area contributed by atoms with Crippen molar-refractivity contribution in [1.29, 1.82) is 0 Å². The lowest BCUT2D eigenvalue weighted by atomic mass is 10.1. The second-order valence-electron chi connectivity index (χ2n) is 8.12. The van der Waals surface area contributed by atoms with E-state index >= 15 is 0 Å². The molecular weight excluding hydrogens is 335 g/mol. The van der Waals surface area contributed by atoms with Crippen LogP contribution in [0, 0.1) is 11.7 Å². The minimum absolute atomic E-state index is 0.0195. The molecule has 2 fully saturated rings. The van der Waals surface area contributed by atoms with Crippen molar-refractivity contribution in [2.24, 2.45) is 5.92 Å². The highest BCUT2D eigenvalue weighted by Crippen LogP contribution is 2.49. The second-order valence-corrected chi connectivity index (χ2v) is 8.12. The van der Waals surface area contributed by atoms with E-state index in [2.05, 4.69) is 0 Å². The summed E-state index contributed by atoms with van der Waals surface area (Å²) in [5.41, 5.74) is 0.107. The third-order valence-corrected chi connectivity index (χ3v) is 4.87. The van der Waals surface area contributed by atoms with E-state index in [9.17, 15) is 14.0 Å². The van der Waals surface area contributed by atoms with Gasteiger partial charge in [-0.2, -0.15) is 0 Å². The third-order valence-electron chi connectivity index (χ3n) is 4.87. The van der Waals surface area contributed by atoms with E-state index in [4.69, 9.17) is 4.74 Å². The highest BCUT2D eigenvalue weighted by Gasteiger charge is 2.47. The van der Waals surface area contributed by atoms with Gasteiger partial charge in [0.15, 0.2) is 0 Å². The monoisotopic (exact) mass is 362 g/mol. The molecule has 1 heterocycles. The lowest BCUT2D eigenvalue weighted by Crippen LogP contribution is -2.40. The first-order valence-corrected chi connectivity index (χ1v) is 9.27. The summed E-state index contributed by atoms with van der Waals surface area (Å²) in [5.74, 6) is -0.321. The van der Waals surface area contributed by atoms with Gasteiger partial charge in [0.2, 0.25) is 5.91 Å². The SMILES string of the molecule is CC(C)(C)OC(=O)N1CCCN(C(=O)C2CC2c2ccccc2F)CC1. The molecule has 1 aliphatic heterocycles. The van der Waals surface area contributed by atoms with Crippen LogP contribution in [-0.2, 0) is 9.53 Å². The van der Waals surface area contributed by atoms with Crippen LogP contribution >= 0.6 is 0 Å². The maximum atomic E-state index is 13.9. The first-order valence-electron chi connectivity index (χ1n) is 9.27. The van der Waals surface area contributed by atoms with Gasteiger partial charge in [0.25, 0.3) is 0 Å². The molecule has 2 atom stereocenters. The quantitative estimate of drug-likeness (QED) is 0.810. The largest absolute Gasteiger partial charge is 0.444 e. The van der Waals surface area contributed by atoms with Crippen LogP contribution in [0.1, 0.15) is 45.1 Å². The van der Waals surface area contributed by atoms with Crippen LogP contribution in [0.2, 0.25) is 0 Å². The van der Waals surface area contributed by atoms with Crippen LogP contribution in [0.4, 0.5) is 9.18 Å². The Hall–Kier alpha value is -2.11. The number of carbonyl (C=O) groups excluding carboxylic acids is 2. The van der Waals surface area contributed by atoms with Crippen molar-refractivity contribution in [3.05, 3.63) is 35.6 Å². The number of benzene rings is 1. The molecule has 2 amide bonds. The van der Waals surface area contributed by atoms with Crippen LogP contribution in [0.5, 0.6) is 0 Å². The maximum absolute atomic E-state index is 13.9. The van der Waals surface area contributed by atoms with Crippen molar-refractivity contribution < 1.29 is 18.7 Å². The predicted octanol–water partition coefficient (Wildman–Crippen LogP) is 3.40. The molecule has 6 heteroatoms. The highest BCUT2D eigenvalue weighted by atomic mass is 19.1. The lowest BCUT2D eigenvalue weighted by Gasteiger charge is -2.26. The van der Waals surface area contributed by atoms with Crippen LogP contribution in [-0.4, -0.2) is 53.6 Å². The first kappa shape index (κ1) is 18.7. The van der Waals surface area contributed by atoms with Crippen LogP contribution in [0.15, 0.2) is 24.3 Å². The Morgan fingerprint density at radius 2 is 1.73 bits per heavy atom. The Kier molecular flexibility index (Phi) is 5.21. The zero-order valence-corrected chi connectivity index (χ0v) is 15.7. The number of amides is 2. The molecular formula is C20H27FN2O3. The molecule has 1 saturated carbocycles. The predicted molar refractivity (Wildman–Crippen MR) is 96.3 cm³/mol. The summed E-state index contributed by atoms with van der Waals surface area (Å²) in [7, 11) is 0. The highest BCUT2D eigenvalue weighted by molar-refractivity contribution is 5.83. The average molecular weight is 362 g/mol. The minimum Gasteiger partial charge on any atom is -0.444 e. The van der Waals surface area contributed by atoms with Gasteiger partial charge in [0, 0.05) is 32.1 Å². The maximum Gasteiger partial charge on any atom is 0.410 e. The van der Waals surface area contributed by atoms with E-state index in [-0.39, 0.29) is 29.7 Å². The standard InChI is InChI=1S/C20H27FN2O3/c1-20(2,3)26-19(25)23-10-6-9-22(11-12-23)18(24)16-13-15(16)14-7-4-5-8-17(14)21/h4-5,7-8,15-16H,6,9-13H2,1-3H3. The van der Waals surface area contributed by atoms with Crippen molar-refractivity contribution in [2.75, 3.05) is 26.2 Å². The fourth-order valence-electron chi connectivity index (χ4n) is 3.47. The summed E-state index contributed by atoms with van der Waals surface area (Å²) < 4.78 is 19.3. The Morgan fingerprint density at radius 1 is 1.08 bits per heavy atom. The van der Waals surface area contributed by atoms with Gasteiger partial charge in [-0.3, -0.25) is 4.79 Å². The van der Waals surface area contributed by atoms with Crippen molar-refractivity contribution in [2.45, 2.75) is 45.1 Å². The molecule has 0 bridgehead atoms. The number of carbonyl (C=O) groups is 2. The Morgan fingerprint density at radius 3 is 2.42 bits per heavy atom. The van der Waals surface area contributed by atoms with E-state index in [0.29, 0.717) is 38.2 Å². The molecule has 1 aliphatic carbocycles. The number of hydrogen-bond donors (Lipinski definition) is 0. The van der Waals surface area contributed by atoms with Crippen LogP contribution < -0.4 is 0 Å². The Bertz CT molecular complexity index is 686. The van der Waals surface area contributed by atoms with E-state index in [1.165, 1.54) is 6.07 Å². The lowest BCUT2D eigenvalue weighted by molar-refractivity contribution is -0.132. The van der Waals surface area contributed by atoms with Crippen LogP contribution in [0.25, 0.3) is 0 Å². The molecule has 0 spiro atoms. The number of rotatable bonds is 2. The topological polar surface area (TPSA) is 49.9 Å². The molecule has 0 N–H and O–H groups in total. The Balaban J connectivity index is 1.56. The van der Waals surface area contributed by atoms with E-state index in [1.54, 1.807) is 17.0 Å². The van der Waals surface area contributed by atoms with Crippen molar-refractivity contribution >= 4 is 12.0 Å². The van der Waals surface area contributed by atoms with Gasteiger partial charge in [0.05, 0.1) is 0 Å². The fraction of sp³-hybridized carbons (Fsp3) is 0.600. The molecule has 1 aromatic rings. The molecule has 1 aromatic carbocycles. The van der Waals surface area contributed by atoms with Gasteiger partial charge < -0.3 is 14.5 Å². The first-order chi connectivity index (χ1) is 12.3.